The molecule has 0 bridgehead atoms. The Kier molecular flexibility index (Phi) is 8.57. The number of amides is 2. The second-order valence-electron chi connectivity index (χ2n) is 9.62. The average molecular weight is 520 g/mol. The molecule has 0 aliphatic carbocycles. The Morgan fingerprint density at radius 1 is 1.06 bits per heavy atom. The van der Waals surface area contributed by atoms with E-state index in [1.54, 1.807) is 43.0 Å². The van der Waals surface area contributed by atoms with Crippen molar-refractivity contribution in [1.29, 1.82) is 0 Å². The molecule has 1 heterocycles. The van der Waals surface area contributed by atoms with Crippen molar-refractivity contribution in [3.05, 3.63) is 59.9 Å². The second-order valence-corrected chi connectivity index (χ2v) is 11.4. The highest BCUT2D eigenvalue weighted by Gasteiger charge is 2.32. The fraction of sp³-hybridized carbons (Fsp3) is 0.440. The summed E-state index contributed by atoms with van der Waals surface area (Å²) in [6.07, 6.45) is 1.92. The first-order chi connectivity index (χ1) is 16.8. The quantitative estimate of drug-likeness (QED) is 0.463. The molecule has 3 rings (SSSR count). The molecule has 1 fully saturated rings. The van der Waals surface area contributed by atoms with E-state index in [0.717, 1.165) is 17.5 Å². The molecule has 2 aromatic rings. The zero-order valence-electron chi connectivity index (χ0n) is 20.8. The number of piperazine rings is 1. The molecule has 0 saturated carbocycles. The van der Waals surface area contributed by atoms with Crippen LogP contribution in [0.5, 0.6) is 0 Å². The van der Waals surface area contributed by atoms with Gasteiger partial charge in [-0.05, 0) is 56.5 Å². The molecule has 11 heteroatoms. The van der Waals surface area contributed by atoms with Crippen molar-refractivity contribution in [3.8, 4) is 0 Å². The first kappa shape index (κ1) is 27.4. The smallest absolute Gasteiger partial charge is 0.245 e. The number of benzene rings is 2. The number of hydrogen-bond donors (Lipinski definition) is 3. The van der Waals surface area contributed by atoms with Crippen LogP contribution in [0.25, 0.3) is 0 Å². The molecule has 4 N–H and O–H groups in total. The van der Waals surface area contributed by atoms with Crippen molar-refractivity contribution in [3.63, 3.8) is 0 Å². The third-order valence-corrected chi connectivity index (χ3v) is 6.55. The summed E-state index contributed by atoms with van der Waals surface area (Å²) in [5.41, 5.74) is 6.86. The topological polar surface area (TPSA) is 125 Å². The molecule has 196 valence electrons. The van der Waals surface area contributed by atoms with E-state index in [9.17, 15) is 22.4 Å². The van der Waals surface area contributed by atoms with Gasteiger partial charge in [0.1, 0.15) is 11.9 Å². The minimum Gasteiger partial charge on any atom is -0.366 e. The van der Waals surface area contributed by atoms with Gasteiger partial charge in [0.15, 0.2) is 0 Å². The van der Waals surface area contributed by atoms with E-state index in [1.165, 1.54) is 12.1 Å². The molecule has 9 nitrogen and oxygen atoms in total. The number of sulfonamides is 1. The second kappa shape index (κ2) is 11.3. The predicted octanol–water partition coefficient (Wildman–Crippen LogP) is 1.70. The largest absolute Gasteiger partial charge is 0.366 e. The lowest BCUT2D eigenvalue weighted by Gasteiger charge is -2.38. The van der Waals surface area contributed by atoms with Crippen molar-refractivity contribution in [2.45, 2.75) is 38.3 Å². The number of halogens is 1. The normalized spacial score (nSPS) is 15.4. The number of aryl methyl sites for hydroxylation is 1. The molecule has 1 atom stereocenters. The zero-order valence-corrected chi connectivity index (χ0v) is 21.6. The lowest BCUT2D eigenvalue weighted by Crippen LogP contribution is -2.58. The maximum atomic E-state index is 13.4. The molecule has 0 spiro atoms. The number of hydrogen-bond acceptors (Lipinski definition) is 6. The molecule has 36 heavy (non-hydrogen) atoms. The molecule has 0 aromatic heterocycles. The van der Waals surface area contributed by atoms with Crippen LogP contribution in [0.15, 0.2) is 48.5 Å². The number of para-hydroxylation sites is 2. The van der Waals surface area contributed by atoms with Crippen molar-refractivity contribution in [1.82, 2.24) is 10.2 Å². The molecule has 1 aliphatic rings. The molecule has 0 radical (unpaired) electrons. The van der Waals surface area contributed by atoms with E-state index in [0.29, 0.717) is 44.7 Å². The molecular formula is C25H34FN5O4S. The van der Waals surface area contributed by atoms with Gasteiger partial charge in [-0.1, -0.05) is 24.3 Å². The lowest BCUT2D eigenvalue weighted by atomic mass is 10.0. The predicted molar refractivity (Wildman–Crippen MR) is 139 cm³/mol. The van der Waals surface area contributed by atoms with Gasteiger partial charge in [-0.2, -0.15) is 0 Å². The van der Waals surface area contributed by atoms with Crippen LogP contribution in [-0.2, 0) is 26.0 Å². The fourth-order valence-corrected chi connectivity index (χ4v) is 4.56. The molecule has 2 amide bonds. The third kappa shape index (κ3) is 7.66. The number of rotatable bonds is 9. The molecular weight excluding hydrogens is 485 g/mol. The number of carbonyl (C=O) groups is 2. The lowest BCUT2D eigenvalue weighted by molar-refractivity contribution is -0.138. The summed E-state index contributed by atoms with van der Waals surface area (Å²) in [4.78, 5) is 29.7. The average Bonchev–Trinajstić information content (AvgIpc) is 2.81. The fourth-order valence-electron chi connectivity index (χ4n) is 3.99. The first-order valence-electron chi connectivity index (χ1n) is 11.8. The van der Waals surface area contributed by atoms with Gasteiger partial charge in [0, 0.05) is 26.2 Å². The minimum atomic E-state index is -3.44. The third-order valence-electron chi connectivity index (χ3n) is 5.96. The van der Waals surface area contributed by atoms with Crippen LogP contribution in [0.3, 0.4) is 0 Å². The Bertz CT molecular complexity index is 1170. The van der Waals surface area contributed by atoms with E-state index in [4.69, 9.17) is 5.73 Å². The zero-order chi connectivity index (χ0) is 26.5. The van der Waals surface area contributed by atoms with Crippen LogP contribution in [0.2, 0.25) is 0 Å². The van der Waals surface area contributed by atoms with Crippen molar-refractivity contribution in [2.24, 2.45) is 5.73 Å². The number of anilines is 2. The highest BCUT2D eigenvalue weighted by Crippen LogP contribution is 2.27. The van der Waals surface area contributed by atoms with Crippen LogP contribution in [-0.4, -0.2) is 69.1 Å². The van der Waals surface area contributed by atoms with Crippen LogP contribution in [0, 0.1) is 5.82 Å². The van der Waals surface area contributed by atoms with Crippen LogP contribution in [0.4, 0.5) is 15.8 Å². The van der Waals surface area contributed by atoms with E-state index < -0.39 is 27.5 Å². The summed E-state index contributed by atoms with van der Waals surface area (Å²) < 4.78 is 39.3. The molecule has 1 aliphatic heterocycles. The molecule has 2 aromatic carbocycles. The van der Waals surface area contributed by atoms with Crippen LogP contribution in [0.1, 0.15) is 25.8 Å². The van der Waals surface area contributed by atoms with Crippen LogP contribution >= 0.6 is 0 Å². The highest BCUT2D eigenvalue weighted by molar-refractivity contribution is 7.92. The number of nitrogens with zero attached hydrogens (tertiary/aromatic N) is 2. The van der Waals surface area contributed by atoms with Gasteiger partial charge >= 0.3 is 0 Å². The van der Waals surface area contributed by atoms with Gasteiger partial charge < -0.3 is 20.9 Å². The standard InChI is InChI=1S/C25H34FN5O4S/c1-25(2,27)24(33)28-21(13-10-18-8-11-19(26)12-9-18)23(32)31-16-14-30(15-17-31)22-7-5-4-6-20(22)29-36(3,34)35/h4-9,11-12,21,29H,10,13-17,27H2,1-3H3,(H,28,33)/t21-/m1/s1. The summed E-state index contributed by atoms with van der Waals surface area (Å²) in [5, 5.41) is 2.79. The van der Waals surface area contributed by atoms with Gasteiger partial charge in [-0.15, -0.1) is 0 Å². The summed E-state index contributed by atoms with van der Waals surface area (Å²) in [6.45, 7) is 4.95. The van der Waals surface area contributed by atoms with E-state index >= 15 is 0 Å². The van der Waals surface area contributed by atoms with Crippen molar-refractivity contribution < 1.29 is 22.4 Å². The number of nitrogens with one attached hydrogen (secondary N) is 2. The van der Waals surface area contributed by atoms with Crippen LogP contribution < -0.4 is 20.7 Å². The van der Waals surface area contributed by atoms with Gasteiger partial charge in [-0.25, -0.2) is 12.8 Å². The Labute approximate surface area is 211 Å². The summed E-state index contributed by atoms with van der Waals surface area (Å²) in [6, 6.07) is 12.4. The van der Waals surface area contributed by atoms with E-state index in [1.807, 2.05) is 17.0 Å². The van der Waals surface area contributed by atoms with Gasteiger partial charge in [-0.3, -0.25) is 14.3 Å². The Morgan fingerprint density at radius 2 is 1.67 bits per heavy atom. The Hall–Kier alpha value is -3.18. The highest BCUT2D eigenvalue weighted by atomic mass is 32.2. The van der Waals surface area contributed by atoms with Gasteiger partial charge in [0.25, 0.3) is 0 Å². The SMILES string of the molecule is CC(C)(N)C(=O)N[C@H](CCc1ccc(F)cc1)C(=O)N1CCN(c2ccccc2NS(C)(=O)=O)CC1. The maximum absolute atomic E-state index is 13.4. The maximum Gasteiger partial charge on any atom is 0.245 e. The van der Waals surface area contributed by atoms with E-state index in [-0.39, 0.29) is 11.7 Å². The molecule has 0 unspecified atom stereocenters. The Balaban J connectivity index is 1.69. The Morgan fingerprint density at radius 3 is 2.25 bits per heavy atom. The first-order valence-corrected chi connectivity index (χ1v) is 13.7. The summed E-state index contributed by atoms with van der Waals surface area (Å²) >= 11 is 0. The van der Waals surface area contributed by atoms with Gasteiger partial charge in [0.05, 0.1) is 23.2 Å². The number of nitrogens with two attached hydrogens (primary N) is 1. The summed E-state index contributed by atoms with van der Waals surface area (Å²) in [5.74, 6) is -0.980. The monoisotopic (exact) mass is 519 g/mol. The van der Waals surface area contributed by atoms with E-state index in [2.05, 4.69) is 10.0 Å². The molecule has 1 saturated heterocycles. The number of carbonyl (C=O) groups excluding carboxylic acids is 2. The van der Waals surface area contributed by atoms with Crippen molar-refractivity contribution >= 4 is 33.2 Å². The van der Waals surface area contributed by atoms with Crippen molar-refractivity contribution in [2.75, 3.05) is 42.1 Å². The summed E-state index contributed by atoms with van der Waals surface area (Å²) in [7, 11) is -3.44. The van der Waals surface area contributed by atoms with Gasteiger partial charge in [0.2, 0.25) is 21.8 Å². The minimum absolute atomic E-state index is 0.211.